The van der Waals surface area contributed by atoms with Gasteiger partial charge < -0.3 is 14.2 Å². The van der Waals surface area contributed by atoms with Gasteiger partial charge in [-0.15, -0.1) is 0 Å². The molecule has 2 bridgehead atoms. The molecule has 8 heteroatoms. The molecule has 1 amide bonds. The maximum absolute atomic E-state index is 12.4. The van der Waals surface area contributed by atoms with Crippen LogP contribution in [0.2, 0.25) is 0 Å². The van der Waals surface area contributed by atoms with Crippen LogP contribution >= 0.6 is 15.9 Å². The summed E-state index contributed by atoms with van der Waals surface area (Å²) in [5, 5.41) is 0.981. The van der Waals surface area contributed by atoms with E-state index in [-0.39, 0.29) is 0 Å². The fourth-order valence-electron chi connectivity index (χ4n) is 2.32. The van der Waals surface area contributed by atoms with Gasteiger partial charge in [0, 0.05) is 18.7 Å². The Kier molecular flexibility index (Phi) is 4.18. The van der Waals surface area contributed by atoms with Crippen LogP contribution in [0.25, 0.3) is 0 Å². The second-order valence-corrected chi connectivity index (χ2v) is 6.64. The van der Waals surface area contributed by atoms with Gasteiger partial charge in [0.15, 0.2) is 12.1 Å². The number of hydrogen-bond acceptors (Lipinski definition) is 6. The molecule has 3 rings (SSSR count). The van der Waals surface area contributed by atoms with Crippen molar-refractivity contribution in [3.63, 3.8) is 0 Å². The first-order chi connectivity index (χ1) is 9.66. The summed E-state index contributed by atoms with van der Waals surface area (Å²) < 4.78 is 16.4. The first-order valence-electron chi connectivity index (χ1n) is 6.37. The Bertz CT molecular complexity index is 493. The van der Waals surface area contributed by atoms with Crippen molar-refractivity contribution < 1.29 is 28.6 Å². The van der Waals surface area contributed by atoms with E-state index in [2.05, 4.69) is 15.9 Å². The predicted molar refractivity (Wildman–Crippen MR) is 75.5 cm³/mol. The number of carbonyl (C=O) groups is 2. The number of ketones is 1. The fourth-order valence-corrected chi connectivity index (χ4v) is 3.04. The molecule has 2 atom stereocenters. The normalized spacial score (nSPS) is 27.6. The van der Waals surface area contributed by atoms with Crippen molar-refractivity contribution in [2.24, 2.45) is 0 Å². The first kappa shape index (κ1) is 16.4. The second-order valence-electron chi connectivity index (χ2n) is 5.73. The average Bonchev–Trinajstić information content (AvgIpc) is 2.38. The lowest BCUT2D eigenvalue weighted by Crippen LogP contribution is -2.71. The third-order valence-electron chi connectivity index (χ3n) is 3.18. The maximum Gasteiger partial charge on any atom is 0.435 e. The Morgan fingerprint density at radius 1 is 1.38 bits per heavy atom. The van der Waals surface area contributed by atoms with Crippen LogP contribution < -0.4 is 0 Å². The summed E-state index contributed by atoms with van der Waals surface area (Å²) in [6, 6.07) is -0.903. The minimum atomic E-state index is -1.62. The molecule has 1 fully saturated rings. The van der Waals surface area contributed by atoms with Gasteiger partial charge >= 0.3 is 6.09 Å². The van der Waals surface area contributed by atoms with Crippen molar-refractivity contribution in [2.45, 2.75) is 44.3 Å². The number of ether oxygens (including phenoxy) is 3. The molecule has 0 N–H and O–H groups in total. The van der Waals surface area contributed by atoms with E-state index in [0.717, 1.165) is 5.06 Å². The topological polar surface area (TPSA) is 74.3 Å². The molecule has 0 radical (unpaired) electrons. The van der Waals surface area contributed by atoms with Gasteiger partial charge in [0.1, 0.15) is 5.60 Å². The van der Waals surface area contributed by atoms with Crippen molar-refractivity contribution in [1.82, 2.24) is 5.06 Å². The van der Waals surface area contributed by atoms with Crippen molar-refractivity contribution in [1.29, 1.82) is 0 Å². The minimum absolute atomic E-state index is 0.402. The summed E-state index contributed by atoms with van der Waals surface area (Å²) in [7, 11) is 2.69. The molecular weight excluding hydrogens is 346 g/mol. The largest absolute Gasteiger partial charge is 0.442 e. The lowest BCUT2D eigenvalue weighted by molar-refractivity contribution is -0.308. The highest BCUT2D eigenvalue weighted by Crippen LogP contribution is 2.42. The summed E-state index contributed by atoms with van der Waals surface area (Å²) in [4.78, 5) is 30.0. The highest BCUT2D eigenvalue weighted by Gasteiger charge is 2.63. The molecule has 7 nitrogen and oxygen atoms in total. The first-order valence-corrected chi connectivity index (χ1v) is 7.16. The zero-order valence-corrected chi connectivity index (χ0v) is 14.1. The maximum atomic E-state index is 12.4. The van der Waals surface area contributed by atoms with Gasteiger partial charge in [-0.25, -0.2) is 4.79 Å². The molecule has 2 aliphatic heterocycles. The van der Waals surface area contributed by atoms with Crippen molar-refractivity contribution in [3.05, 3.63) is 10.6 Å². The van der Waals surface area contributed by atoms with E-state index in [9.17, 15) is 9.59 Å². The van der Waals surface area contributed by atoms with Crippen LogP contribution in [0.1, 0.15) is 20.8 Å². The number of halogens is 1. The molecular formula is C13H18BrNO6. The molecule has 0 aromatic heterocycles. The Labute approximate surface area is 131 Å². The van der Waals surface area contributed by atoms with Crippen LogP contribution in [0.4, 0.5) is 4.79 Å². The SMILES string of the molecule is COC1(OC)C(=O)[C@@H]2C=C(Br)[C@H]1N(C(=O)OC(C)(C)C)O2. The van der Waals surface area contributed by atoms with Crippen molar-refractivity contribution in [3.8, 4) is 0 Å². The standard InChI is InChI=1S/C13H18BrNO6/c1-12(2,3)20-11(17)15-9-7(14)6-8(21-15)10(16)13(9,18-4)19-5/h6,8-9H,1-5H3/t8-,9+/m0/s1. The predicted octanol–water partition coefficient (Wildman–Crippen LogP) is 1.76. The molecule has 1 aliphatic carbocycles. The summed E-state index contributed by atoms with van der Waals surface area (Å²) in [6.45, 7) is 5.22. The smallest absolute Gasteiger partial charge is 0.435 e. The monoisotopic (exact) mass is 363 g/mol. The van der Waals surface area contributed by atoms with Crippen molar-refractivity contribution in [2.75, 3.05) is 14.2 Å². The summed E-state index contributed by atoms with van der Waals surface area (Å²) in [6.07, 6.45) is -0.116. The van der Waals surface area contributed by atoms with Crippen LogP contribution in [-0.4, -0.2) is 54.7 Å². The van der Waals surface area contributed by atoms with E-state index in [1.807, 2.05) is 0 Å². The lowest BCUT2D eigenvalue weighted by atomic mass is 9.89. The third kappa shape index (κ3) is 2.61. The number of carbonyl (C=O) groups excluding carboxylic acids is 2. The quantitative estimate of drug-likeness (QED) is 0.696. The molecule has 0 saturated carbocycles. The molecule has 2 heterocycles. The number of hydrogen-bond donors (Lipinski definition) is 0. The molecule has 0 spiro atoms. The second kappa shape index (κ2) is 5.35. The zero-order chi connectivity index (χ0) is 16.0. The third-order valence-corrected chi connectivity index (χ3v) is 3.87. The van der Waals surface area contributed by atoms with Crippen LogP contribution in [0.3, 0.4) is 0 Å². The van der Waals surface area contributed by atoms with Gasteiger partial charge in [0.25, 0.3) is 5.79 Å². The van der Waals surface area contributed by atoms with Gasteiger partial charge in [0.05, 0.1) is 0 Å². The number of nitrogens with zero attached hydrogens (tertiary/aromatic N) is 1. The number of hydroxylamine groups is 2. The van der Waals surface area contributed by atoms with Crippen LogP contribution in [0, 0.1) is 0 Å². The minimum Gasteiger partial charge on any atom is -0.442 e. The van der Waals surface area contributed by atoms with E-state index in [1.54, 1.807) is 26.8 Å². The van der Waals surface area contributed by atoms with E-state index < -0.39 is 35.4 Å². The number of methoxy groups -OCH3 is 2. The summed E-state index contributed by atoms with van der Waals surface area (Å²) >= 11 is 3.34. The van der Waals surface area contributed by atoms with E-state index in [4.69, 9.17) is 19.0 Å². The fraction of sp³-hybridized carbons (Fsp3) is 0.692. The van der Waals surface area contributed by atoms with Crippen LogP contribution in [0.15, 0.2) is 10.6 Å². The summed E-state index contributed by atoms with van der Waals surface area (Å²) in [5.74, 6) is -2.02. The Morgan fingerprint density at radius 3 is 2.43 bits per heavy atom. The average molecular weight is 364 g/mol. The lowest BCUT2D eigenvalue weighted by Gasteiger charge is -2.50. The number of amides is 1. The molecule has 0 unspecified atom stereocenters. The molecule has 21 heavy (non-hydrogen) atoms. The highest BCUT2D eigenvalue weighted by molar-refractivity contribution is 9.11. The van der Waals surface area contributed by atoms with E-state index in [0.29, 0.717) is 4.48 Å². The van der Waals surface area contributed by atoms with Crippen LogP contribution in [-0.2, 0) is 23.8 Å². The summed E-state index contributed by atoms with van der Waals surface area (Å²) in [5.41, 5.74) is -0.694. The van der Waals surface area contributed by atoms with Gasteiger partial charge in [-0.3, -0.25) is 9.63 Å². The molecule has 0 aromatic rings. The molecule has 0 aromatic carbocycles. The zero-order valence-electron chi connectivity index (χ0n) is 12.5. The van der Waals surface area contributed by atoms with Gasteiger partial charge in [0.2, 0.25) is 5.78 Å². The van der Waals surface area contributed by atoms with Gasteiger partial charge in [-0.1, -0.05) is 15.9 Å². The molecule has 3 aliphatic rings. The van der Waals surface area contributed by atoms with Gasteiger partial charge in [-0.2, -0.15) is 5.06 Å². The van der Waals surface area contributed by atoms with E-state index >= 15 is 0 Å². The molecule has 118 valence electrons. The number of Topliss-reactive ketones (excluding diaryl/α,β-unsaturated/α-hetero) is 1. The highest BCUT2D eigenvalue weighted by atomic mass is 79.9. The Hall–Kier alpha value is -0.960. The number of rotatable bonds is 2. The van der Waals surface area contributed by atoms with Gasteiger partial charge in [-0.05, 0) is 26.8 Å². The van der Waals surface area contributed by atoms with Crippen LogP contribution in [0.5, 0.6) is 0 Å². The Morgan fingerprint density at radius 2 is 1.95 bits per heavy atom. The molecule has 1 saturated heterocycles. The van der Waals surface area contributed by atoms with Crippen molar-refractivity contribution >= 4 is 27.8 Å². The van der Waals surface area contributed by atoms with E-state index in [1.165, 1.54) is 14.2 Å². The Balaban J connectivity index is 2.38. The number of fused-ring (bicyclic) bond motifs is 2.